The van der Waals surface area contributed by atoms with E-state index in [2.05, 4.69) is 15.3 Å². The van der Waals surface area contributed by atoms with Crippen LogP contribution in [0.15, 0.2) is 5.38 Å². The van der Waals surface area contributed by atoms with Gasteiger partial charge in [0.25, 0.3) is 0 Å². The van der Waals surface area contributed by atoms with E-state index in [9.17, 15) is 0 Å². The van der Waals surface area contributed by atoms with Gasteiger partial charge in [0.2, 0.25) is 0 Å². The molecule has 5 heteroatoms. The van der Waals surface area contributed by atoms with Crippen LogP contribution in [0.1, 0.15) is 28.6 Å². The molecule has 17 heavy (non-hydrogen) atoms. The Hall–Kier alpha value is -0.780. The maximum absolute atomic E-state index is 5.49. The minimum atomic E-state index is 0.769. The van der Waals surface area contributed by atoms with Gasteiger partial charge in [-0.3, -0.25) is 0 Å². The molecule has 92 valence electrons. The largest absolute Gasteiger partial charge is 0.330 e. The van der Waals surface area contributed by atoms with Crippen molar-refractivity contribution in [3.63, 3.8) is 0 Å². The van der Waals surface area contributed by atoms with Crippen LogP contribution in [0.2, 0.25) is 0 Å². The molecule has 0 bridgehead atoms. The molecule has 0 spiro atoms. The van der Waals surface area contributed by atoms with Crippen LogP contribution in [0.25, 0.3) is 10.6 Å². The van der Waals surface area contributed by atoms with Gasteiger partial charge < -0.3 is 5.73 Å². The highest BCUT2D eigenvalue weighted by Gasteiger charge is 2.11. The molecule has 2 rings (SSSR count). The third-order valence-electron chi connectivity index (χ3n) is 2.53. The van der Waals surface area contributed by atoms with E-state index in [-0.39, 0.29) is 0 Å². The molecule has 3 nitrogen and oxygen atoms in total. The summed E-state index contributed by atoms with van der Waals surface area (Å²) in [5.41, 5.74) is 7.66. The van der Waals surface area contributed by atoms with Gasteiger partial charge in [-0.15, -0.1) is 22.7 Å². The SMILES string of the molecule is Cc1nc(C)c(-c2csc(CCCCN)n2)s1. The average molecular weight is 267 g/mol. The van der Waals surface area contributed by atoms with E-state index in [0.29, 0.717) is 0 Å². The van der Waals surface area contributed by atoms with Gasteiger partial charge in [-0.25, -0.2) is 9.97 Å². The van der Waals surface area contributed by atoms with Gasteiger partial charge in [0.1, 0.15) is 0 Å². The second-order valence-electron chi connectivity index (χ2n) is 4.02. The summed E-state index contributed by atoms with van der Waals surface area (Å²) in [6.45, 7) is 4.85. The Morgan fingerprint density at radius 1 is 1.24 bits per heavy atom. The topological polar surface area (TPSA) is 51.8 Å². The number of rotatable bonds is 5. The van der Waals surface area contributed by atoms with Crippen LogP contribution in [0.5, 0.6) is 0 Å². The Balaban J connectivity index is 2.10. The fourth-order valence-electron chi connectivity index (χ4n) is 1.72. The third kappa shape index (κ3) is 3.12. The predicted octanol–water partition coefficient (Wildman–Crippen LogP) is 3.16. The van der Waals surface area contributed by atoms with Gasteiger partial charge in [-0.1, -0.05) is 0 Å². The molecule has 2 aromatic heterocycles. The minimum absolute atomic E-state index is 0.769. The van der Waals surface area contributed by atoms with Crippen molar-refractivity contribution in [3.8, 4) is 10.6 Å². The van der Waals surface area contributed by atoms with Crippen molar-refractivity contribution in [2.75, 3.05) is 6.54 Å². The highest BCUT2D eigenvalue weighted by molar-refractivity contribution is 7.15. The second-order valence-corrected chi connectivity index (χ2v) is 6.17. The van der Waals surface area contributed by atoms with E-state index in [1.165, 1.54) is 9.88 Å². The van der Waals surface area contributed by atoms with E-state index in [4.69, 9.17) is 5.73 Å². The summed E-state index contributed by atoms with van der Waals surface area (Å²) in [6.07, 6.45) is 3.25. The van der Waals surface area contributed by atoms with Crippen molar-refractivity contribution in [2.24, 2.45) is 5.73 Å². The van der Waals surface area contributed by atoms with Crippen LogP contribution in [0, 0.1) is 13.8 Å². The lowest BCUT2D eigenvalue weighted by atomic mass is 10.2. The van der Waals surface area contributed by atoms with Crippen LogP contribution in [-0.2, 0) is 6.42 Å². The maximum atomic E-state index is 5.49. The van der Waals surface area contributed by atoms with E-state index in [1.54, 1.807) is 22.7 Å². The Bertz CT molecular complexity index is 488. The van der Waals surface area contributed by atoms with E-state index in [0.717, 1.165) is 42.2 Å². The zero-order valence-electron chi connectivity index (χ0n) is 10.2. The number of hydrogen-bond acceptors (Lipinski definition) is 5. The zero-order valence-corrected chi connectivity index (χ0v) is 11.8. The molecule has 0 saturated carbocycles. The first-order chi connectivity index (χ1) is 8.20. The van der Waals surface area contributed by atoms with E-state index >= 15 is 0 Å². The van der Waals surface area contributed by atoms with Crippen LogP contribution in [0.4, 0.5) is 0 Å². The molecule has 0 radical (unpaired) electrons. The third-order valence-corrected chi connectivity index (χ3v) is 4.54. The normalized spacial score (nSPS) is 11.0. The van der Waals surface area contributed by atoms with Crippen molar-refractivity contribution in [1.82, 2.24) is 9.97 Å². The van der Waals surface area contributed by atoms with Crippen LogP contribution >= 0.6 is 22.7 Å². The Labute approximate surface area is 110 Å². The maximum Gasteiger partial charge on any atom is 0.0933 e. The molecule has 0 aliphatic carbocycles. The summed E-state index contributed by atoms with van der Waals surface area (Å²) in [6, 6.07) is 0. The molecule has 2 N–H and O–H groups in total. The lowest BCUT2D eigenvalue weighted by Gasteiger charge is -1.94. The zero-order chi connectivity index (χ0) is 12.3. The Morgan fingerprint density at radius 2 is 2.06 bits per heavy atom. The molecule has 0 aliphatic heterocycles. The molecule has 0 aromatic carbocycles. The average Bonchev–Trinajstić information content (AvgIpc) is 2.86. The predicted molar refractivity (Wildman–Crippen MR) is 74.7 cm³/mol. The lowest BCUT2D eigenvalue weighted by molar-refractivity contribution is 0.742. The van der Waals surface area contributed by atoms with Gasteiger partial charge >= 0.3 is 0 Å². The summed E-state index contributed by atoms with van der Waals surface area (Å²) in [7, 11) is 0. The lowest BCUT2D eigenvalue weighted by Crippen LogP contribution is -1.98. The van der Waals surface area contributed by atoms with Crippen molar-refractivity contribution < 1.29 is 0 Å². The highest BCUT2D eigenvalue weighted by atomic mass is 32.1. The molecular formula is C12H17N3S2. The Morgan fingerprint density at radius 3 is 2.71 bits per heavy atom. The monoisotopic (exact) mass is 267 g/mol. The van der Waals surface area contributed by atoms with Gasteiger partial charge in [0.15, 0.2) is 0 Å². The van der Waals surface area contributed by atoms with Gasteiger partial charge in [0, 0.05) is 5.38 Å². The molecule has 0 fully saturated rings. The second kappa shape index (κ2) is 5.71. The van der Waals surface area contributed by atoms with E-state index < -0.39 is 0 Å². The number of nitrogens with two attached hydrogens (primary N) is 1. The summed E-state index contributed by atoms with van der Waals surface area (Å²) >= 11 is 3.46. The first-order valence-electron chi connectivity index (χ1n) is 5.79. The fraction of sp³-hybridized carbons (Fsp3) is 0.500. The van der Waals surface area contributed by atoms with Crippen LogP contribution in [-0.4, -0.2) is 16.5 Å². The van der Waals surface area contributed by atoms with Gasteiger partial charge in [0.05, 0.1) is 26.3 Å². The van der Waals surface area contributed by atoms with E-state index in [1.807, 2.05) is 13.8 Å². The summed E-state index contributed by atoms with van der Waals surface area (Å²) in [4.78, 5) is 10.3. The summed E-state index contributed by atoms with van der Waals surface area (Å²) in [5.74, 6) is 0. The van der Waals surface area contributed by atoms with Crippen LogP contribution < -0.4 is 5.73 Å². The molecule has 0 aliphatic rings. The number of thiazole rings is 2. The number of aromatic nitrogens is 2. The number of aryl methyl sites for hydroxylation is 3. The summed E-state index contributed by atoms with van der Waals surface area (Å²) < 4.78 is 0. The smallest absolute Gasteiger partial charge is 0.0933 e. The molecule has 0 unspecified atom stereocenters. The minimum Gasteiger partial charge on any atom is -0.330 e. The Kier molecular flexibility index (Phi) is 4.25. The number of hydrogen-bond donors (Lipinski definition) is 1. The standard InChI is InChI=1S/C12H17N3S2/c1-8-12(17-9(2)14-8)10-7-16-11(15-10)5-3-4-6-13/h7H,3-6,13H2,1-2H3. The van der Waals surface area contributed by atoms with Gasteiger partial charge in [-0.05, 0) is 39.7 Å². The quantitative estimate of drug-likeness (QED) is 0.847. The van der Waals surface area contributed by atoms with Crippen LogP contribution in [0.3, 0.4) is 0 Å². The summed E-state index contributed by atoms with van der Waals surface area (Å²) in [5, 5.41) is 4.45. The molecule has 0 atom stereocenters. The molecule has 0 saturated heterocycles. The van der Waals surface area contributed by atoms with Crippen molar-refractivity contribution in [2.45, 2.75) is 33.1 Å². The van der Waals surface area contributed by atoms with Crippen molar-refractivity contribution >= 4 is 22.7 Å². The molecule has 0 amide bonds. The van der Waals surface area contributed by atoms with Gasteiger partial charge in [-0.2, -0.15) is 0 Å². The first-order valence-corrected chi connectivity index (χ1v) is 7.49. The highest BCUT2D eigenvalue weighted by Crippen LogP contribution is 2.30. The molecule has 2 aromatic rings. The number of nitrogens with zero attached hydrogens (tertiary/aromatic N) is 2. The first kappa shape index (κ1) is 12.7. The number of unbranched alkanes of at least 4 members (excludes halogenated alkanes) is 1. The fourth-order valence-corrected chi connectivity index (χ4v) is 3.51. The molecule has 2 heterocycles. The van der Waals surface area contributed by atoms with Crippen molar-refractivity contribution in [3.05, 3.63) is 21.1 Å². The molecular weight excluding hydrogens is 250 g/mol. The van der Waals surface area contributed by atoms with Crippen molar-refractivity contribution in [1.29, 1.82) is 0 Å².